The third kappa shape index (κ3) is 4.98. The van der Waals surface area contributed by atoms with E-state index in [1.165, 1.54) is 6.07 Å². The maximum absolute atomic E-state index is 12.2. The Bertz CT molecular complexity index is 817. The van der Waals surface area contributed by atoms with Crippen molar-refractivity contribution in [1.82, 2.24) is 10.2 Å². The number of nitrogens with zero attached hydrogens (tertiary/aromatic N) is 3. The molecule has 0 aromatic heterocycles. The molecule has 0 aliphatic carbocycles. The molecule has 1 saturated heterocycles. The lowest BCUT2D eigenvalue weighted by Crippen LogP contribution is -2.49. The van der Waals surface area contributed by atoms with Crippen molar-refractivity contribution in [2.24, 2.45) is 0 Å². The van der Waals surface area contributed by atoms with Gasteiger partial charge in [0, 0.05) is 38.8 Å². The number of nitrogens with one attached hydrogen (secondary N) is 1. The van der Waals surface area contributed by atoms with Crippen molar-refractivity contribution in [2.75, 3.05) is 44.7 Å². The predicted molar refractivity (Wildman–Crippen MR) is 107 cm³/mol. The number of ether oxygens (including phenoxy) is 1. The van der Waals surface area contributed by atoms with Gasteiger partial charge in [-0.1, -0.05) is 24.3 Å². The number of carbonyl (C=O) groups is 1. The zero-order valence-electron chi connectivity index (χ0n) is 15.8. The Hall–Kier alpha value is -3.13. The molecule has 0 unspecified atom stereocenters. The summed E-state index contributed by atoms with van der Waals surface area (Å²) >= 11 is 0. The Labute approximate surface area is 163 Å². The monoisotopic (exact) mass is 384 g/mol. The van der Waals surface area contributed by atoms with Gasteiger partial charge in [0.05, 0.1) is 18.6 Å². The molecule has 1 aliphatic heterocycles. The number of piperazine rings is 1. The van der Waals surface area contributed by atoms with Gasteiger partial charge < -0.3 is 15.0 Å². The molecule has 1 heterocycles. The van der Waals surface area contributed by atoms with E-state index < -0.39 is 0 Å². The molecule has 0 bridgehead atoms. The summed E-state index contributed by atoms with van der Waals surface area (Å²) in [6.45, 7) is 3.46. The summed E-state index contributed by atoms with van der Waals surface area (Å²) in [7, 11) is 1.62. The number of carbonyl (C=O) groups excluding carboxylic acids is 1. The van der Waals surface area contributed by atoms with Crippen LogP contribution in [0.4, 0.5) is 11.4 Å². The number of methoxy groups -OCH3 is 1. The molecule has 28 heavy (non-hydrogen) atoms. The molecule has 0 spiro atoms. The van der Waals surface area contributed by atoms with E-state index in [1.807, 2.05) is 29.2 Å². The first-order chi connectivity index (χ1) is 13.6. The molecule has 2 aromatic carbocycles. The van der Waals surface area contributed by atoms with Crippen LogP contribution < -0.4 is 15.0 Å². The zero-order chi connectivity index (χ0) is 19.9. The molecule has 0 atom stereocenters. The Morgan fingerprint density at radius 3 is 2.43 bits per heavy atom. The fourth-order valence-electron chi connectivity index (χ4n) is 3.24. The minimum absolute atomic E-state index is 0.0324. The third-order valence-corrected chi connectivity index (χ3v) is 4.81. The second-order valence-corrected chi connectivity index (χ2v) is 6.63. The Balaban J connectivity index is 1.46. The SMILES string of the molecule is COc1ccc(CNC(=O)CN2CCN(c3ccccc3[N+](=O)[O-])CC2)cc1. The van der Waals surface area contributed by atoms with Crippen molar-refractivity contribution in [3.63, 3.8) is 0 Å². The van der Waals surface area contributed by atoms with Crippen LogP contribution in [0.1, 0.15) is 5.56 Å². The number of amides is 1. The van der Waals surface area contributed by atoms with Gasteiger partial charge in [-0.15, -0.1) is 0 Å². The Morgan fingerprint density at radius 2 is 1.79 bits per heavy atom. The summed E-state index contributed by atoms with van der Waals surface area (Å²) in [5.74, 6) is 0.751. The number of anilines is 1. The molecule has 8 nitrogen and oxygen atoms in total. The minimum Gasteiger partial charge on any atom is -0.497 e. The van der Waals surface area contributed by atoms with E-state index in [-0.39, 0.29) is 16.5 Å². The van der Waals surface area contributed by atoms with Crippen LogP contribution in [0.5, 0.6) is 5.75 Å². The molecule has 0 saturated carbocycles. The van der Waals surface area contributed by atoms with Crippen LogP contribution in [-0.2, 0) is 11.3 Å². The van der Waals surface area contributed by atoms with Crippen LogP contribution in [0.25, 0.3) is 0 Å². The summed E-state index contributed by atoms with van der Waals surface area (Å²) in [5.41, 5.74) is 1.76. The Morgan fingerprint density at radius 1 is 1.11 bits per heavy atom. The van der Waals surface area contributed by atoms with Crippen LogP contribution in [0.3, 0.4) is 0 Å². The second kappa shape index (κ2) is 9.18. The molecule has 8 heteroatoms. The van der Waals surface area contributed by atoms with Gasteiger partial charge in [-0.05, 0) is 23.8 Å². The van der Waals surface area contributed by atoms with Crippen LogP contribution >= 0.6 is 0 Å². The van der Waals surface area contributed by atoms with Crippen LogP contribution in [0.2, 0.25) is 0 Å². The molecule has 2 aromatic rings. The first-order valence-corrected chi connectivity index (χ1v) is 9.17. The van der Waals surface area contributed by atoms with Crippen molar-refractivity contribution in [2.45, 2.75) is 6.54 Å². The molecule has 0 radical (unpaired) electrons. The van der Waals surface area contributed by atoms with Crippen molar-refractivity contribution in [3.05, 3.63) is 64.2 Å². The smallest absolute Gasteiger partial charge is 0.292 e. The maximum atomic E-state index is 12.2. The number of para-hydroxylation sites is 2. The fourth-order valence-corrected chi connectivity index (χ4v) is 3.24. The van der Waals surface area contributed by atoms with Gasteiger partial charge in [-0.25, -0.2) is 0 Å². The average molecular weight is 384 g/mol. The van der Waals surface area contributed by atoms with E-state index in [9.17, 15) is 14.9 Å². The number of hydrogen-bond acceptors (Lipinski definition) is 6. The average Bonchev–Trinajstić information content (AvgIpc) is 2.73. The third-order valence-electron chi connectivity index (χ3n) is 4.81. The number of benzene rings is 2. The van der Waals surface area contributed by atoms with E-state index in [1.54, 1.807) is 25.3 Å². The quantitative estimate of drug-likeness (QED) is 0.581. The van der Waals surface area contributed by atoms with Crippen LogP contribution in [0, 0.1) is 10.1 Å². The lowest BCUT2D eigenvalue weighted by molar-refractivity contribution is -0.384. The van der Waals surface area contributed by atoms with Crippen molar-refractivity contribution in [1.29, 1.82) is 0 Å². The van der Waals surface area contributed by atoms with Gasteiger partial charge in [0.15, 0.2) is 0 Å². The fraction of sp³-hybridized carbons (Fsp3) is 0.350. The van der Waals surface area contributed by atoms with Crippen molar-refractivity contribution < 1.29 is 14.5 Å². The summed E-state index contributed by atoms with van der Waals surface area (Å²) in [5, 5.41) is 14.1. The molecule has 1 amide bonds. The first kappa shape index (κ1) is 19.6. The standard InChI is InChI=1S/C20H24N4O4/c1-28-17-8-6-16(7-9-17)14-21-20(25)15-22-10-12-23(13-11-22)18-4-2-3-5-19(18)24(26)27/h2-9H,10-15H2,1H3,(H,21,25). The van der Waals surface area contributed by atoms with Crippen molar-refractivity contribution >= 4 is 17.3 Å². The highest BCUT2D eigenvalue weighted by Gasteiger charge is 2.24. The molecule has 1 fully saturated rings. The van der Waals surface area contributed by atoms with Crippen LogP contribution in [0.15, 0.2) is 48.5 Å². The molecule has 1 aliphatic rings. The van der Waals surface area contributed by atoms with Gasteiger partial charge >= 0.3 is 0 Å². The number of nitro groups is 1. The molecular weight excluding hydrogens is 360 g/mol. The van der Waals surface area contributed by atoms with Crippen molar-refractivity contribution in [3.8, 4) is 5.75 Å². The maximum Gasteiger partial charge on any atom is 0.292 e. The van der Waals surface area contributed by atoms with E-state index in [0.29, 0.717) is 45.0 Å². The summed E-state index contributed by atoms with van der Waals surface area (Å²) in [4.78, 5) is 27.1. The lowest BCUT2D eigenvalue weighted by Gasteiger charge is -2.35. The molecular formula is C20H24N4O4. The van der Waals surface area contributed by atoms with Gasteiger partial charge in [-0.2, -0.15) is 0 Å². The highest BCUT2D eigenvalue weighted by Crippen LogP contribution is 2.28. The summed E-state index contributed by atoms with van der Waals surface area (Å²) in [6.07, 6.45) is 0. The van der Waals surface area contributed by atoms with E-state index in [0.717, 1.165) is 11.3 Å². The van der Waals surface area contributed by atoms with Gasteiger partial charge in [-0.3, -0.25) is 19.8 Å². The lowest BCUT2D eigenvalue weighted by atomic mass is 10.2. The molecule has 148 valence electrons. The highest BCUT2D eigenvalue weighted by molar-refractivity contribution is 5.78. The van der Waals surface area contributed by atoms with Gasteiger partial charge in [0.1, 0.15) is 11.4 Å². The largest absolute Gasteiger partial charge is 0.497 e. The molecule has 1 N–H and O–H groups in total. The number of rotatable bonds is 7. The van der Waals surface area contributed by atoms with E-state index in [2.05, 4.69) is 10.2 Å². The minimum atomic E-state index is -0.353. The van der Waals surface area contributed by atoms with Gasteiger partial charge in [0.2, 0.25) is 5.91 Å². The number of nitro benzene ring substituents is 1. The van der Waals surface area contributed by atoms with Crippen LogP contribution in [-0.4, -0.2) is 55.6 Å². The first-order valence-electron chi connectivity index (χ1n) is 9.17. The predicted octanol–water partition coefficient (Wildman–Crippen LogP) is 2.04. The number of hydrogen-bond donors (Lipinski definition) is 1. The zero-order valence-corrected chi connectivity index (χ0v) is 15.8. The van der Waals surface area contributed by atoms with Gasteiger partial charge in [0.25, 0.3) is 5.69 Å². The molecule has 3 rings (SSSR count). The second-order valence-electron chi connectivity index (χ2n) is 6.63. The summed E-state index contributed by atoms with van der Waals surface area (Å²) < 4.78 is 5.12. The topological polar surface area (TPSA) is 88.0 Å². The summed E-state index contributed by atoms with van der Waals surface area (Å²) in [6, 6.07) is 14.3. The normalized spacial score (nSPS) is 14.5. The Kier molecular flexibility index (Phi) is 6.44. The van der Waals surface area contributed by atoms with E-state index >= 15 is 0 Å². The highest BCUT2D eigenvalue weighted by atomic mass is 16.6. The van der Waals surface area contributed by atoms with E-state index in [4.69, 9.17) is 4.74 Å².